The summed E-state index contributed by atoms with van der Waals surface area (Å²) in [5, 5.41) is 8.46. The zero-order chi connectivity index (χ0) is 11.0. The van der Waals surface area contributed by atoms with Gasteiger partial charge in [-0.25, -0.2) is 4.68 Å². The molecule has 1 heterocycles. The molecular weight excluding hydrogens is 200 g/mol. The largest absolute Gasteiger partial charge is 0.325 e. The summed E-state index contributed by atoms with van der Waals surface area (Å²) in [4.78, 5) is 0. The van der Waals surface area contributed by atoms with Crippen LogP contribution >= 0.6 is 0 Å². The Bertz CT molecular complexity index is 485. The minimum atomic E-state index is 0.494. The summed E-state index contributed by atoms with van der Waals surface area (Å²) in [6.45, 7) is 0.494. The van der Waals surface area contributed by atoms with Crippen LogP contribution in [-0.4, -0.2) is 15.0 Å². The van der Waals surface area contributed by atoms with E-state index >= 15 is 0 Å². The van der Waals surface area contributed by atoms with Crippen LogP contribution in [0.4, 0.5) is 0 Å². The molecule has 0 saturated heterocycles. The van der Waals surface area contributed by atoms with Crippen molar-refractivity contribution >= 4 is 0 Å². The van der Waals surface area contributed by atoms with Gasteiger partial charge in [0.15, 0.2) is 0 Å². The number of hydrogen-bond acceptors (Lipinski definition) is 3. The third kappa shape index (κ3) is 1.51. The van der Waals surface area contributed by atoms with E-state index in [4.69, 9.17) is 5.73 Å². The van der Waals surface area contributed by atoms with Crippen LogP contribution in [0.2, 0.25) is 0 Å². The first-order valence-corrected chi connectivity index (χ1v) is 5.60. The van der Waals surface area contributed by atoms with Gasteiger partial charge in [-0.15, -0.1) is 5.10 Å². The molecule has 1 aliphatic rings. The average Bonchev–Trinajstić information content (AvgIpc) is 3.09. The fraction of sp³-hybridized carbons (Fsp3) is 0.333. The van der Waals surface area contributed by atoms with Gasteiger partial charge in [0.05, 0.1) is 17.1 Å². The maximum Gasteiger partial charge on any atom is 0.0907 e. The molecule has 2 N–H and O–H groups in total. The molecule has 4 heteroatoms. The van der Waals surface area contributed by atoms with Crippen molar-refractivity contribution in [1.29, 1.82) is 0 Å². The molecule has 1 aliphatic carbocycles. The molecule has 0 spiro atoms. The Hall–Kier alpha value is -1.68. The minimum Gasteiger partial charge on any atom is -0.325 e. The second kappa shape index (κ2) is 3.72. The fourth-order valence-corrected chi connectivity index (χ4v) is 1.95. The molecule has 1 aromatic heterocycles. The maximum atomic E-state index is 5.80. The highest BCUT2D eigenvalue weighted by molar-refractivity contribution is 5.34. The van der Waals surface area contributed by atoms with Gasteiger partial charge in [-0.1, -0.05) is 23.4 Å². The van der Waals surface area contributed by atoms with Gasteiger partial charge < -0.3 is 5.73 Å². The van der Waals surface area contributed by atoms with Crippen LogP contribution < -0.4 is 5.73 Å². The molecule has 0 atom stereocenters. The lowest BCUT2D eigenvalue weighted by Gasteiger charge is -2.04. The van der Waals surface area contributed by atoms with Gasteiger partial charge >= 0.3 is 0 Å². The zero-order valence-electron chi connectivity index (χ0n) is 9.00. The van der Waals surface area contributed by atoms with E-state index in [9.17, 15) is 0 Å². The van der Waals surface area contributed by atoms with Crippen molar-refractivity contribution in [3.63, 3.8) is 0 Å². The third-order valence-corrected chi connectivity index (χ3v) is 2.95. The van der Waals surface area contributed by atoms with Gasteiger partial charge in [-0.2, -0.15) is 0 Å². The number of hydrogen-bond donors (Lipinski definition) is 1. The third-order valence-electron chi connectivity index (χ3n) is 2.95. The van der Waals surface area contributed by atoms with Crippen molar-refractivity contribution in [2.45, 2.75) is 25.3 Å². The second-order valence-corrected chi connectivity index (χ2v) is 4.15. The summed E-state index contributed by atoms with van der Waals surface area (Å²) in [6, 6.07) is 10.0. The summed E-state index contributed by atoms with van der Waals surface area (Å²) in [7, 11) is 0. The van der Waals surface area contributed by atoms with Crippen molar-refractivity contribution < 1.29 is 0 Å². The van der Waals surface area contributed by atoms with Crippen LogP contribution in [0.15, 0.2) is 30.3 Å². The number of rotatable bonds is 3. The van der Waals surface area contributed by atoms with Gasteiger partial charge in [0.25, 0.3) is 0 Å². The lowest BCUT2D eigenvalue weighted by atomic mass is 10.2. The van der Waals surface area contributed by atoms with E-state index in [1.165, 1.54) is 12.8 Å². The Morgan fingerprint density at radius 3 is 2.62 bits per heavy atom. The molecular formula is C12H14N4. The number of nitrogens with two attached hydrogens (primary N) is 1. The Labute approximate surface area is 94.1 Å². The smallest absolute Gasteiger partial charge is 0.0907 e. The molecule has 0 aliphatic heterocycles. The Balaban J connectivity index is 2.07. The number of nitrogens with zero attached hydrogens (tertiary/aromatic N) is 3. The van der Waals surface area contributed by atoms with E-state index in [0.29, 0.717) is 12.5 Å². The van der Waals surface area contributed by atoms with E-state index in [1.54, 1.807) is 0 Å². The minimum absolute atomic E-state index is 0.494. The highest BCUT2D eigenvalue weighted by Crippen LogP contribution is 2.40. The molecule has 4 nitrogen and oxygen atoms in total. The molecule has 0 unspecified atom stereocenters. The number of para-hydroxylation sites is 1. The van der Waals surface area contributed by atoms with Crippen molar-refractivity contribution in [2.75, 3.05) is 0 Å². The topological polar surface area (TPSA) is 56.7 Å². The first kappa shape index (κ1) is 9.54. The lowest BCUT2D eigenvalue weighted by molar-refractivity contribution is 0.761. The molecule has 1 saturated carbocycles. The first-order valence-electron chi connectivity index (χ1n) is 5.60. The van der Waals surface area contributed by atoms with E-state index in [2.05, 4.69) is 10.3 Å². The van der Waals surface area contributed by atoms with Crippen LogP contribution in [0.5, 0.6) is 0 Å². The summed E-state index contributed by atoms with van der Waals surface area (Å²) in [6.07, 6.45) is 2.45. The zero-order valence-corrected chi connectivity index (χ0v) is 9.00. The molecule has 0 amide bonds. The number of aromatic nitrogens is 3. The highest BCUT2D eigenvalue weighted by atomic mass is 15.4. The molecule has 3 rings (SSSR count). The molecule has 82 valence electrons. The first-order chi connectivity index (χ1) is 7.90. The molecule has 16 heavy (non-hydrogen) atoms. The monoisotopic (exact) mass is 214 g/mol. The highest BCUT2D eigenvalue weighted by Gasteiger charge is 2.30. The molecule has 2 aromatic rings. The van der Waals surface area contributed by atoms with Crippen LogP contribution in [0, 0.1) is 0 Å². The van der Waals surface area contributed by atoms with Crippen molar-refractivity contribution in [2.24, 2.45) is 5.73 Å². The van der Waals surface area contributed by atoms with Crippen LogP contribution in [0.1, 0.15) is 30.1 Å². The van der Waals surface area contributed by atoms with Gasteiger partial charge in [0.1, 0.15) is 0 Å². The van der Waals surface area contributed by atoms with E-state index in [0.717, 1.165) is 17.1 Å². The Kier molecular flexibility index (Phi) is 2.22. The predicted molar refractivity (Wildman–Crippen MR) is 61.2 cm³/mol. The van der Waals surface area contributed by atoms with Crippen molar-refractivity contribution in [3.8, 4) is 5.69 Å². The van der Waals surface area contributed by atoms with E-state index in [-0.39, 0.29) is 0 Å². The Morgan fingerprint density at radius 1 is 1.25 bits per heavy atom. The predicted octanol–water partition coefficient (Wildman–Crippen LogP) is 1.60. The summed E-state index contributed by atoms with van der Waals surface area (Å²) < 4.78 is 1.85. The van der Waals surface area contributed by atoms with Crippen LogP contribution in [-0.2, 0) is 6.54 Å². The van der Waals surface area contributed by atoms with E-state index < -0.39 is 0 Å². The van der Waals surface area contributed by atoms with Crippen LogP contribution in [0.3, 0.4) is 0 Å². The molecule has 1 fully saturated rings. The standard InChI is InChI=1S/C12H14N4/c13-8-11-12(9-6-7-9)14-15-16(11)10-4-2-1-3-5-10/h1-5,9H,6-8,13H2. The normalized spacial score (nSPS) is 15.3. The molecule has 1 aromatic carbocycles. The van der Waals surface area contributed by atoms with Crippen LogP contribution in [0.25, 0.3) is 5.69 Å². The van der Waals surface area contributed by atoms with E-state index in [1.807, 2.05) is 35.0 Å². The van der Waals surface area contributed by atoms with Gasteiger partial charge in [0.2, 0.25) is 0 Å². The Morgan fingerprint density at radius 2 is 2.00 bits per heavy atom. The van der Waals surface area contributed by atoms with Crippen molar-refractivity contribution in [3.05, 3.63) is 41.7 Å². The lowest BCUT2D eigenvalue weighted by Crippen LogP contribution is -2.08. The average molecular weight is 214 g/mol. The quantitative estimate of drug-likeness (QED) is 0.844. The van der Waals surface area contributed by atoms with Gasteiger partial charge in [-0.05, 0) is 25.0 Å². The fourth-order valence-electron chi connectivity index (χ4n) is 1.95. The summed E-state index contributed by atoms with van der Waals surface area (Å²) >= 11 is 0. The molecule has 0 bridgehead atoms. The van der Waals surface area contributed by atoms with Crippen molar-refractivity contribution in [1.82, 2.24) is 15.0 Å². The summed E-state index contributed by atoms with van der Waals surface area (Å²) in [5.74, 6) is 0.594. The summed E-state index contributed by atoms with van der Waals surface area (Å²) in [5.41, 5.74) is 8.97. The number of benzene rings is 1. The molecule has 0 radical (unpaired) electrons. The van der Waals surface area contributed by atoms with Gasteiger partial charge in [0, 0.05) is 12.5 Å². The van der Waals surface area contributed by atoms with Gasteiger partial charge in [-0.3, -0.25) is 0 Å². The SMILES string of the molecule is NCc1c(C2CC2)nnn1-c1ccccc1. The maximum absolute atomic E-state index is 5.80. The second-order valence-electron chi connectivity index (χ2n) is 4.15.